The molecule has 1 aliphatic rings. The first-order chi connectivity index (χ1) is 10.2. The van der Waals surface area contributed by atoms with Crippen LogP contribution in [0.3, 0.4) is 0 Å². The summed E-state index contributed by atoms with van der Waals surface area (Å²) in [5.74, 6) is 1.16. The predicted molar refractivity (Wildman–Crippen MR) is 89.1 cm³/mol. The molecule has 0 spiro atoms. The number of imidazole rings is 1. The number of allylic oxidation sites excluding steroid dienone is 1. The third-order valence-electron chi connectivity index (χ3n) is 3.60. The Morgan fingerprint density at radius 3 is 3.05 bits per heavy atom. The van der Waals surface area contributed by atoms with Gasteiger partial charge in [0.25, 0.3) is 0 Å². The van der Waals surface area contributed by atoms with E-state index in [1.54, 1.807) is 18.0 Å². The first-order valence-corrected chi connectivity index (χ1v) is 7.84. The fourth-order valence-corrected chi connectivity index (χ4v) is 3.41. The van der Waals surface area contributed by atoms with Gasteiger partial charge >= 0.3 is 0 Å². The Kier molecular flexibility index (Phi) is 3.84. The Morgan fingerprint density at radius 1 is 1.43 bits per heavy atom. The molecule has 0 saturated heterocycles. The SMILES string of the molecule is C=Cn1c(SCC2=NCCC(O)=C2C)nc2ccccc21. The van der Waals surface area contributed by atoms with Crippen molar-refractivity contribution in [1.29, 1.82) is 0 Å². The van der Waals surface area contributed by atoms with Gasteiger partial charge in [-0.2, -0.15) is 0 Å². The van der Waals surface area contributed by atoms with E-state index in [1.807, 2.05) is 35.8 Å². The van der Waals surface area contributed by atoms with Crippen molar-refractivity contribution in [1.82, 2.24) is 9.55 Å². The highest BCUT2D eigenvalue weighted by Gasteiger charge is 2.15. The number of aromatic nitrogens is 2. The van der Waals surface area contributed by atoms with E-state index >= 15 is 0 Å². The maximum absolute atomic E-state index is 9.81. The minimum atomic E-state index is 0.456. The zero-order chi connectivity index (χ0) is 14.8. The lowest BCUT2D eigenvalue weighted by Gasteiger charge is -2.14. The van der Waals surface area contributed by atoms with Crippen molar-refractivity contribution in [3.05, 3.63) is 42.2 Å². The minimum Gasteiger partial charge on any atom is -0.512 e. The molecule has 1 N–H and O–H groups in total. The molecule has 0 saturated carbocycles. The molecule has 108 valence electrons. The number of fused-ring (bicyclic) bond motifs is 1. The van der Waals surface area contributed by atoms with Crippen LogP contribution in [-0.4, -0.2) is 32.7 Å². The van der Waals surface area contributed by atoms with Gasteiger partial charge in [0, 0.05) is 30.5 Å². The standard InChI is InChI=1S/C16H17N3OS/c1-3-19-14-7-5-4-6-12(14)18-16(19)21-10-13-11(2)15(20)8-9-17-13/h3-7,20H,1,8-10H2,2H3. The molecule has 0 radical (unpaired) electrons. The predicted octanol–water partition coefficient (Wildman–Crippen LogP) is 3.91. The second-order valence-electron chi connectivity index (χ2n) is 4.87. The number of nitrogens with zero attached hydrogens (tertiary/aromatic N) is 3. The molecule has 0 aliphatic carbocycles. The number of aliphatic imine (C=N–C) groups is 1. The molecule has 1 aromatic heterocycles. The van der Waals surface area contributed by atoms with E-state index in [2.05, 4.69) is 16.6 Å². The molecule has 1 aromatic carbocycles. The lowest BCUT2D eigenvalue weighted by atomic mass is 10.1. The van der Waals surface area contributed by atoms with E-state index in [9.17, 15) is 5.11 Å². The Balaban J connectivity index is 1.86. The Morgan fingerprint density at radius 2 is 2.24 bits per heavy atom. The Bertz CT molecular complexity index is 758. The summed E-state index contributed by atoms with van der Waals surface area (Å²) in [4.78, 5) is 9.13. The van der Waals surface area contributed by atoms with Crippen molar-refractivity contribution in [2.45, 2.75) is 18.5 Å². The number of aliphatic hydroxyl groups is 1. The number of benzene rings is 1. The molecule has 4 nitrogen and oxygen atoms in total. The number of aliphatic hydroxyl groups excluding tert-OH is 1. The summed E-state index contributed by atoms with van der Waals surface area (Å²) < 4.78 is 1.99. The number of hydrogen-bond donors (Lipinski definition) is 1. The molecule has 0 atom stereocenters. The van der Waals surface area contributed by atoms with Crippen LogP contribution in [0.15, 0.2) is 52.3 Å². The van der Waals surface area contributed by atoms with Crippen LogP contribution in [0.5, 0.6) is 0 Å². The zero-order valence-electron chi connectivity index (χ0n) is 11.9. The van der Waals surface area contributed by atoms with Crippen LogP contribution in [0.25, 0.3) is 17.2 Å². The lowest BCUT2D eigenvalue weighted by Crippen LogP contribution is -2.13. The second-order valence-corrected chi connectivity index (χ2v) is 5.82. The van der Waals surface area contributed by atoms with Crippen molar-refractivity contribution >= 4 is 34.7 Å². The number of thioether (sulfide) groups is 1. The summed E-state index contributed by atoms with van der Waals surface area (Å²) in [6.07, 6.45) is 2.42. The molecule has 1 aliphatic heterocycles. The molecule has 0 amide bonds. The topological polar surface area (TPSA) is 50.4 Å². The quantitative estimate of drug-likeness (QED) is 0.871. The average molecular weight is 299 g/mol. The molecular formula is C16H17N3OS. The highest BCUT2D eigenvalue weighted by atomic mass is 32.2. The van der Waals surface area contributed by atoms with Gasteiger partial charge in [-0.15, -0.1) is 0 Å². The summed E-state index contributed by atoms with van der Waals surface area (Å²) in [6, 6.07) is 8.00. The Labute approximate surface area is 127 Å². The summed E-state index contributed by atoms with van der Waals surface area (Å²) >= 11 is 1.61. The van der Waals surface area contributed by atoms with Gasteiger partial charge < -0.3 is 5.11 Å². The lowest BCUT2D eigenvalue weighted by molar-refractivity contribution is 0.384. The molecule has 0 bridgehead atoms. The molecular weight excluding hydrogens is 282 g/mol. The van der Waals surface area contributed by atoms with E-state index in [0.717, 1.165) is 27.5 Å². The van der Waals surface area contributed by atoms with Crippen LogP contribution in [0, 0.1) is 0 Å². The summed E-state index contributed by atoms with van der Waals surface area (Å²) in [5, 5.41) is 10.7. The van der Waals surface area contributed by atoms with Gasteiger partial charge in [-0.05, 0) is 19.1 Å². The van der Waals surface area contributed by atoms with Crippen LogP contribution >= 0.6 is 11.8 Å². The number of dihydropyridines is 1. The smallest absolute Gasteiger partial charge is 0.173 e. The van der Waals surface area contributed by atoms with Gasteiger partial charge in [0.1, 0.15) is 0 Å². The van der Waals surface area contributed by atoms with Gasteiger partial charge in [0.15, 0.2) is 5.16 Å². The zero-order valence-corrected chi connectivity index (χ0v) is 12.7. The Hall–Kier alpha value is -2.01. The van der Waals surface area contributed by atoms with Gasteiger partial charge in [-0.25, -0.2) is 4.98 Å². The van der Waals surface area contributed by atoms with Gasteiger partial charge in [0.2, 0.25) is 0 Å². The van der Waals surface area contributed by atoms with Crippen LogP contribution in [0.1, 0.15) is 13.3 Å². The summed E-state index contributed by atoms with van der Waals surface area (Å²) in [7, 11) is 0. The van der Waals surface area contributed by atoms with Crippen molar-refractivity contribution in [3.63, 3.8) is 0 Å². The first kappa shape index (κ1) is 13.9. The number of para-hydroxylation sites is 2. The van der Waals surface area contributed by atoms with Gasteiger partial charge in [-0.3, -0.25) is 9.56 Å². The van der Waals surface area contributed by atoms with Crippen molar-refractivity contribution < 1.29 is 5.11 Å². The molecule has 21 heavy (non-hydrogen) atoms. The largest absolute Gasteiger partial charge is 0.512 e. The van der Waals surface area contributed by atoms with Crippen LogP contribution in [-0.2, 0) is 0 Å². The number of hydrogen-bond acceptors (Lipinski definition) is 4. The van der Waals surface area contributed by atoms with E-state index in [4.69, 9.17) is 0 Å². The normalized spacial score (nSPS) is 15.4. The fourth-order valence-electron chi connectivity index (χ4n) is 2.36. The highest BCUT2D eigenvalue weighted by molar-refractivity contribution is 7.99. The van der Waals surface area contributed by atoms with Crippen molar-refractivity contribution in [3.8, 4) is 0 Å². The minimum absolute atomic E-state index is 0.456. The molecule has 5 heteroatoms. The van der Waals surface area contributed by atoms with E-state index < -0.39 is 0 Å². The molecule has 2 aromatic rings. The van der Waals surface area contributed by atoms with Gasteiger partial charge in [0.05, 0.1) is 22.5 Å². The highest BCUT2D eigenvalue weighted by Crippen LogP contribution is 2.26. The third-order valence-corrected chi connectivity index (χ3v) is 4.56. The molecule has 0 unspecified atom stereocenters. The van der Waals surface area contributed by atoms with Gasteiger partial charge in [-0.1, -0.05) is 30.5 Å². The molecule has 0 fully saturated rings. The number of rotatable bonds is 4. The summed E-state index contributed by atoms with van der Waals surface area (Å²) in [6.45, 7) is 6.45. The van der Waals surface area contributed by atoms with Crippen LogP contribution in [0.2, 0.25) is 0 Å². The van der Waals surface area contributed by atoms with E-state index in [0.29, 0.717) is 24.5 Å². The van der Waals surface area contributed by atoms with Crippen LogP contribution in [0.4, 0.5) is 0 Å². The van der Waals surface area contributed by atoms with E-state index in [1.165, 1.54) is 0 Å². The third kappa shape index (κ3) is 2.61. The summed E-state index contributed by atoms with van der Waals surface area (Å²) in [5.41, 5.74) is 3.86. The monoisotopic (exact) mass is 299 g/mol. The van der Waals surface area contributed by atoms with Crippen molar-refractivity contribution in [2.75, 3.05) is 12.3 Å². The first-order valence-electron chi connectivity index (χ1n) is 6.85. The second kappa shape index (κ2) is 5.77. The van der Waals surface area contributed by atoms with Crippen molar-refractivity contribution in [2.24, 2.45) is 4.99 Å². The molecule has 2 heterocycles. The fraction of sp³-hybridized carbons (Fsp3) is 0.250. The maximum atomic E-state index is 9.81. The molecule has 3 rings (SSSR count). The van der Waals surface area contributed by atoms with Crippen LogP contribution < -0.4 is 0 Å². The maximum Gasteiger partial charge on any atom is 0.173 e. The average Bonchev–Trinajstić information content (AvgIpc) is 2.86. The van der Waals surface area contributed by atoms with E-state index in [-0.39, 0.29) is 0 Å².